The van der Waals surface area contributed by atoms with Crippen molar-refractivity contribution in [3.63, 3.8) is 0 Å². The van der Waals surface area contributed by atoms with E-state index in [-0.39, 0.29) is 37.6 Å². The van der Waals surface area contributed by atoms with Crippen molar-refractivity contribution in [3.8, 4) is 11.8 Å². The minimum atomic E-state index is -0.761. The summed E-state index contributed by atoms with van der Waals surface area (Å²) < 4.78 is 11.9. The lowest BCUT2D eigenvalue weighted by Gasteiger charge is -2.24. The molecule has 35 heavy (non-hydrogen) atoms. The number of anilines is 2. The van der Waals surface area contributed by atoms with Crippen molar-refractivity contribution in [2.24, 2.45) is 0 Å². The Hall–Kier alpha value is -4.36. The van der Waals surface area contributed by atoms with E-state index in [0.29, 0.717) is 18.8 Å². The van der Waals surface area contributed by atoms with Crippen molar-refractivity contribution in [1.82, 2.24) is 9.55 Å². The van der Waals surface area contributed by atoms with Gasteiger partial charge >= 0.3 is 5.69 Å². The molecule has 0 unspecified atom stereocenters. The number of rotatable bonds is 11. The van der Waals surface area contributed by atoms with Crippen LogP contribution in [0.3, 0.4) is 0 Å². The molecule has 1 heterocycles. The zero-order valence-corrected chi connectivity index (χ0v) is 19.4. The van der Waals surface area contributed by atoms with E-state index in [4.69, 9.17) is 20.5 Å². The average molecular weight is 478 g/mol. The van der Waals surface area contributed by atoms with Gasteiger partial charge in [-0.3, -0.25) is 19.1 Å². The third-order valence-electron chi connectivity index (χ3n) is 5.27. The van der Waals surface area contributed by atoms with Gasteiger partial charge in [-0.2, -0.15) is 5.26 Å². The second-order valence-electron chi connectivity index (χ2n) is 7.72. The zero-order valence-electron chi connectivity index (χ0n) is 19.4. The molecule has 2 aromatic carbocycles. The van der Waals surface area contributed by atoms with E-state index < -0.39 is 17.2 Å². The summed E-state index contributed by atoms with van der Waals surface area (Å²) in [4.78, 5) is 41.9. The Balaban J connectivity index is 1.88. The van der Waals surface area contributed by atoms with Crippen molar-refractivity contribution >= 4 is 17.4 Å². The molecular formula is C25H27N5O5. The molecule has 3 N–H and O–H groups in total. The van der Waals surface area contributed by atoms with Gasteiger partial charge in [0.15, 0.2) is 12.3 Å². The van der Waals surface area contributed by atoms with Crippen molar-refractivity contribution in [2.75, 3.05) is 37.5 Å². The number of nitrogens with zero attached hydrogens (tertiary/aromatic N) is 3. The number of aromatic amines is 1. The number of aromatic nitrogens is 2. The lowest BCUT2D eigenvalue weighted by molar-refractivity contribution is -0.120. The molecule has 0 aliphatic carbocycles. The Labute approximate surface area is 202 Å². The molecule has 0 fully saturated rings. The minimum absolute atomic E-state index is 0.116. The fraction of sp³-hybridized carbons (Fsp3) is 0.280. The van der Waals surface area contributed by atoms with Gasteiger partial charge in [-0.05, 0) is 29.7 Å². The quantitative estimate of drug-likeness (QED) is 0.400. The molecule has 3 rings (SSSR count). The summed E-state index contributed by atoms with van der Waals surface area (Å²) >= 11 is 0. The first-order chi connectivity index (χ1) is 16.9. The first-order valence-corrected chi connectivity index (χ1v) is 11.0. The molecule has 1 aromatic heterocycles. The summed E-state index contributed by atoms with van der Waals surface area (Å²) in [6, 6.07) is 18.0. The van der Waals surface area contributed by atoms with E-state index in [9.17, 15) is 14.4 Å². The first kappa shape index (κ1) is 25.3. The van der Waals surface area contributed by atoms with Crippen LogP contribution in [0.4, 0.5) is 11.5 Å². The van der Waals surface area contributed by atoms with Gasteiger partial charge in [0.05, 0.1) is 19.0 Å². The number of hydrogen-bond donors (Lipinski definition) is 2. The molecule has 0 spiro atoms. The van der Waals surface area contributed by atoms with Gasteiger partial charge in [-0.1, -0.05) is 42.5 Å². The first-order valence-electron chi connectivity index (χ1n) is 11.0. The largest absolute Gasteiger partial charge is 0.484 e. The van der Waals surface area contributed by atoms with E-state index >= 15 is 0 Å². The Morgan fingerprint density at radius 1 is 1.11 bits per heavy atom. The number of H-pyrrole nitrogens is 1. The van der Waals surface area contributed by atoms with E-state index in [1.165, 1.54) is 16.6 Å². The summed E-state index contributed by atoms with van der Waals surface area (Å²) in [5.74, 6) is -0.189. The number of nitrogen functional groups attached to an aromatic ring is 1. The fourth-order valence-corrected chi connectivity index (χ4v) is 3.51. The molecule has 0 radical (unpaired) electrons. The summed E-state index contributed by atoms with van der Waals surface area (Å²) in [5, 5.41) is 8.79. The monoisotopic (exact) mass is 477 g/mol. The van der Waals surface area contributed by atoms with Gasteiger partial charge in [0.1, 0.15) is 11.6 Å². The molecule has 0 aliphatic rings. The Kier molecular flexibility index (Phi) is 8.81. The van der Waals surface area contributed by atoms with Crippen molar-refractivity contribution in [2.45, 2.75) is 19.4 Å². The number of methoxy groups -OCH3 is 1. The molecule has 0 saturated carbocycles. The molecule has 3 aromatic rings. The highest BCUT2D eigenvalue weighted by Crippen LogP contribution is 2.19. The number of benzene rings is 2. The van der Waals surface area contributed by atoms with Crippen LogP contribution < -0.4 is 26.6 Å². The van der Waals surface area contributed by atoms with Gasteiger partial charge in [0, 0.05) is 20.3 Å². The molecule has 10 heteroatoms. The molecule has 10 nitrogen and oxygen atoms in total. The lowest BCUT2D eigenvalue weighted by Crippen LogP contribution is -2.43. The fourth-order valence-electron chi connectivity index (χ4n) is 3.51. The van der Waals surface area contributed by atoms with Crippen LogP contribution in [0.25, 0.3) is 0 Å². The maximum absolute atomic E-state index is 13.2. The van der Waals surface area contributed by atoms with Crippen molar-refractivity contribution < 1.29 is 14.3 Å². The van der Waals surface area contributed by atoms with Crippen molar-refractivity contribution in [3.05, 3.63) is 86.6 Å². The zero-order chi connectivity index (χ0) is 25.2. The topological polar surface area (TPSA) is 143 Å². The number of hydrogen-bond acceptors (Lipinski definition) is 7. The van der Waals surface area contributed by atoms with Crippen LogP contribution in [-0.4, -0.2) is 42.3 Å². The van der Waals surface area contributed by atoms with Gasteiger partial charge in [-0.25, -0.2) is 4.79 Å². The van der Waals surface area contributed by atoms with E-state index in [2.05, 4.69) is 11.1 Å². The molecular weight excluding hydrogens is 450 g/mol. The average Bonchev–Trinajstić information content (AvgIpc) is 2.86. The Morgan fingerprint density at radius 3 is 2.49 bits per heavy atom. The highest BCUT2D eigenvalue weighted by atomic mass is 16.5. The second kappa shape index (κ2) is 12.2. The van der Waals surface area contributed by atoms with E-state index in [0.717, 1.165) is 11.1 Å². The smallest absolute Gasteiger partial charge is 0.330 e. The number of amides is 1. The van der Waals surface area contributed by atoms with Gasteiger partial charge in [-0.15, -0.1) is 0 Å². The predicted octanol–water partition coefficient (Wildman–Crippen LogP) is 1.68. The van der Waals surface area contributed by atoms with E-state index in [1.54, 1.807) is 24.3 Å². The normalized spacial score (nSPS) is 10.5. The molecule has 0 saturated heterocycles. The molecule has 182 valence electrons. The van der Waals surface area contributed by atoms with Crippen molar-refractivity contribution in [1.29, 1.82) is 5.26 Å². The van der Waals surface area contributed by atoms with E-state index in [1.807, 2.05) is 30.3 Å². The number of ether oxygens (including phenoxy) is 2. The number of nitriles is 1. The van der Waals surface area contributed by atoms with Gasteiger partial charge in [0.25, 0.3) is 11.5 Å². The highest BCUT2D eigenvalue weighted by molar-refractivity contribution is 5.96. The minimum Gasteiger partial charge on any atom is -0.484 e. The number of nitrogens with two attached hydrogens (primary N) is 1. The second-order valence-corrected chi connectivity index (χ2v) is 7.72. The summed E-state index contributed by atoms with van der Waals surface area (Å²) in [5.41, 5.74) is 6.37. The van der Waals surface area contributed by atoms with Crippen LogP contribution in [0.5, 0.6) is 5.75 Å². The molecule has 0 atom stereocenters. The standard InChI is InChI=1S/C25H27N5O5/c1-34-15-5-14-29(21(31)17-35-20-10-8-18(9-11-20)12-13-26)22-23(27)30(25(33)28-24(22)32)16-19-6-3-2-4-7-19/h2-4,6-11H,5,12,14-17,27H2,1H3,(H,28,32,33). The SMILES string of the molecule is COCCCN(C(=O)COc1ccc(CC#N)cc1)c1c(N)n(Cc2ccccc2)c(=O)[nH]c1=O. The Bertz CT molecular complexity index is 1290. The van der Waals surface area contributed by atoms with Gasteiger partial charge < -0.3 is 20.1 Å². The van der Waals surface area contributed by atoms with Crippen LogP contribution in [0.2, 0.25) is 0 Å². The van der Waals surface area contributed by atoms with Crippen LogP contribution in [0.1, 0.15) is 17.5 Å². The number of carbonyl (C=O) groups excluding carboxylic acids is 1. The Morgan fingerprint density at radius 2 is 1.83 bits per heavy atom. The van der Waals surface area contributed by atoms with Crippen LogP contribution >= 0.6 is 0 Å². The highest BCUT2D eigenvalue weighted by Gasteiger charge is 2.24. The summed E-state index contributed by atoms with van der Waals surface area (Å²) in [6.45, 7) is 0.253. The molecule has 0 bridgehead atoms. The van der Waals surface area contributed by atoms with Crippen LogP contribution in [0, 0.1) is 11.3 Å². The number of carbonyl (C=O) groups is 1. The van der Waals surface area contributed by atoms with Crippen LogP contribution in [0.15, 0.2) is 64.2 Å². The molecule has 1 amide bonds. The third kappa shape index (κ3) is 6.59. The third-order valence-corrected chi connectivity index (χ3v) is 5.27. The molecule has 0 aliphatic heterocycles. The lowest BCUT2D eigenvalue weighted by atomic mass is 10.2. The van der Waals surface area contributed by atoms with Crippen LogP contribution in [-0.2, 0) is 22.5 Å². The predicted molar refractivity (Wildman–Crippen MR) is 131 cm³/mol. The summed E-state index contributed by atoms with van der Waals surface area (Å²) in [6.07, 6.45) is 0.703. The maximum atomic E-state index is 13.2. The number of nitrogens with one attached hydrogen (secondary N) is 1. The maximum Gasteiger partial charge on any atom is 0.330 e. The van der Waals surface area contributed by atoms with Gasteiger partial charge in [0.2, 0.25) is 0 Å². The summed E-state index contributed by atoms with van der Waals surface area (Å²) in [7, 11) is 1.53.